The van der Waals surface area contributed by atoms with E-state index >= 15 is 0 Å². The number of rotatable bonds is 6. The smallest absolute Gasteiger partial charge is 0.261 e. The normalized spacial score (nSPS) is 16.6. The van der Waals surface area contributed by atoms with Crippen molar-refractivity contribution in [3.05, 3.63) is 87.7 Å². The molecule has 0 spiro atoms. The zero-order valence-electron chi connectivity index (χ0n) is 19.9. The molecule has 5 rings (SSSR count). The summed E-state index contributed by atoms with van der Waals surface area (Å²) in [6.07, 6.45) is 2.03. The topological polar surface area (TPSA) is 38.1 Å². The number of halogens is 2. The van der Waals surface area contributed by atoms with Crippen LogP contribution in [0.3, 0.4) is 0 Å². The first-order chi connectivity index (χ1) is 17.0. The van der Waals surface area contributed by atoms with Crippen LogP contribution < -0.4 is 5.56 Å². The van der Waals surface area contributed by atoms with Crippen LogP contribution in [0.5, 0.6) is 0 Å². The third-order valence-corrected chi connectivity index (χ3v) is 7.21. The summed E-state index contributed by atoms with van der Waals surface area (Å²) in [4.78, 5) is 21.2. The van der Waals surface area contributed by atoms with Gasteiger partial charge in [0.1, 0.15) is 12.5 Å². The number of benzene rings is 3. The fourth-order valence-corrected chi connectivity index (χ4v) is 5.25. The Balaban J connectivity index is 1.63. The van der Waals surface area contributed by atoms with Gasteiger partial charge in [-0.3, -0.25) is 9.36 Å². The molecule has 1 saturated heterocycles. The first-order valence-electron chi connectivity index (χ1n) is 12.2. The largest absolute Gasteiger partial charge is 0.300 e. The molecule has 180 valence electrons. The maximum Gasteiger partial charge on any atom is 0.261 e. The number of fused-ring (bicyclic) bond motifs is 1. The molecule has 0 saturated carbocycles. The molecule has 6 heteroatoms. The number of aromatic nitrogens is 2. The summed E-state index contributed by atoms with van der Waals surface area (Å²) in [5.41, 5.74) is 4.64. The highest BCUT2D eigenvalue weighted by Gasteiger charge is 2.23. The van der Waals surface area contributed by atoms with E-state index < -0.39 is 0 Å². The van der Waals surface area contributed by atoms with E-state index in [-0.39, 0.29) is 18.2 Å². The average molecular weight is 489 g/mol. The molecule has 0 unspecified atom stereocenters. The molecule has 1 fully saturated rings. The highest BCUT2D eigenvalue weighted by atomic mass is 35.5. The molecule has 1 aromatic heterocycles. The Labute approximate surface area is 210 Å². The van der Waals surface area contributed by atoms with E-state index in [1.807, 2.05) is 78.2 Å². The van der Waals surface area contributed by atoms with Crippen molar-refractivity contribution in [1.29, 1.82) is 0 Å². The van der Waals surface area contributed by atoms with Crippen LogP contribution in [0.4, 0.5) is 4.39 Å². The minimum absolute atomic E-state index is 0.0355. The molecule has 4 aromatic rings. The van der Waals surface area contributed by atoms with Crippen molar-refractivity contribution >= 4 is 22.5 Å². The molecule has 0 bridgehead atoms. The van der Waals surface area contributed by atoms with Gasteiger partial charge in [0.25, 0.3) is 5.56 Å². The Bertz CT molecular complexity index is 1400. The quantitative estimate of drug-likeness (QED) is 0.316. The van der Waals surface area contributed by atoms with E-state index in [1.54, 1.807) is 0 Å². The maximum absolute atomic E-state index is 14.0. The number of hydrogen-bond acceptors (Lipinski definition) is 3. The summed E-state index contributed by atoms with van der Waals surface area (Å²) in [6, 6.07) is 21.5. The number of piperidine rings is 1. The van der Waals surface area contributed by atoms with Gasteiger partial charge >= 0.3 is 0 Å². The monoisotopic (exact) mass is 488 g/mol. The van der Waals surface area contributed by atoms with Crippen molar-refractivity contribution in [3.8, 4) is 22.5 Å². The van der Waals surface area contributed by atoms with Gasteiger partial charge in [0.15, 0.2) is 0 Å². The van der Waals surface area contributed by atoms with Crippen LogP contribution in [-0.2, 0) is 6.54 Å². The van der Waals surface area contributed by atoms with E-state index in [9.17, 15) is 9.18 Å². The summed E-state index contributed by atoms with van der Waals surface area (Å²) < 4.78 is 14.8. The van der Waals surface area contributed by atoms with Crippen molar-refractivity contribution in [2.45, 2.75) is 26.3 Å². The molecule has 35 heavy (non-hydrogen) atoms. The predicted molar refractivity (Wildman–Crippen MR) is 142 cm³/mol. The van der Waals surface area contributed by atoms with Crippen molar-refractivity contribution < 1.29 is 4.39 Å². The Kier molecular flexibility index (Phi) is 6.98. The molecule has 0 aliphatic carbocycles. The van der Waals surface area contributed by atoms with Crippen molar-refractivity contribution in [2.75, 3.05) is 26.3 Å². The molecule has 1 aliphatic heterocycles. The van der Waals surface area contributed by atoms with E-state index in [1.165, 1.54) is 0 Å². The second kappa shape index (κ2) is 10.3. The highest BCUT2D eigenvalue weighted by molar-refractivity contribution is 6.30. The van der Waals surface area contributed by atoms with E-state index in [0.29, 0.717) is 34.8 Å². The molecule has 1 aliphatic rings. The number of likely N-dealkylation sites (tertiary alicyclic amines) is 1. The van der Waals surface area contributed by atoms with Gasteiger partial charge in [-0.15, -0.1) is 0 Å². The van der Waals surface area contributed by atoms with Gasteiger partial charge in [0.2, 0.25) is 0 Å². The van der Waals surface area contributed by atoms with Crippen LogP contribution in [0.25, 0.3) is 33.4 Å². The lowest BCUT2D eigenvalue weighted by atomic mass is 9.97. The predicted octanol–water partition coefficient (Wildman–Crippen LogP) is 6.37. The summed E-state index contributed by atoms with van der Waals surface area (Å²) in [7, 11) is 0. The fraction of sp³-hybridized carbons (Fsp3) is 0.310. The van der Waals surface area contributed by atoms with E-state index in [0.717, 1.165) is 48.2 Å². The van der Waals surface area contributed by atoms with Gasteiger partial charge in [-0.2, -0.15) is 0 Å². The lowest BCUT2D eigenvalue weighted by Gasteiger charge is -2.32. The van der Waals surface area contributed by atoms with Gasteiger partial charge in [0.05, 0.1) is 10.9 Å². The lowest BCUT2D eigenvalue weighted by Crippen LogP contribution is -2.39. The first-order valence-corrected chi connectivity index (χ1v) is 12.6. The minimum Gasteiger partial charge on any atom is -0.300 e. The molecular weight excluding hydrogens is 460 g/mol. The summed E-state index contributed by atoms with van der Waals surface area (Å²) >= 11 is 6.06. The van der Waals surface area contributed by atoms with Crippen LogP contribution in [0.2, 0.25) is 5.02 Å². The SMILES string of the molecule is Cc1ccccc1-c1nc2ccc(-c3ccc(Cl)cc3)cc2c(=O)n1C[C@@H]1CCCN(CC[18F])C1. The number of nitrogens with zero attached hydrogens (tertiary/aromatic N) is 3. The Hall–Kier alpha value is -3.02. The van der Waals surface area contributed by atoms with E-state index in [2.05, 4.69) is 4.90 Å². The van der Waals surface area contributed by atoms with Gasteiger partial charge in [0, 0.05) is 30.2 Å². The number of hydrogen-bond donors (Lipinski definition) is 0. The van der Waals surface area contributed by atoms with Crippen LogP contribution >= 0.6 is 11.6 Å². The number of aryl methyl sites for hydroxylation is 1. The molecule has 1 atom stereocenters. The molecule has 0 radical (unpaired) electrons. The van der Waals surface area contributed by atoms with Crippen LogP contribution in [0, 0.1) is 12.8 Å². The zero-order valence-corrected chi connectivity index (χ0v) is 20.6. The Morgan fingerprint density at radius 3 is 2.60 bits per heavy atom. The Morgan fingerprint density at radius 2 is 1.83 bits per heavy atom. The highest BCUT2D eigenvalue weighted by Crippen LogP contribution is 2.28. The van der Waals surface area contributed by atoms with Crippen molar-refractivity contribution in [3.63, 3.8) is 0 Å². The molecular formula is C29H29ClFN3O. The van der Waals surface area contributed by atoms with Gasteiger partial charge in [-0.25, -0.2) is 9.37 Å². The molecule has 0 N–H and O–H groups in total. The average Bonchev–Trinajstić information content (AvgIpc) is 2.87. The van der Waals surface area contributed by atoms with Crippen LogP contribution in [0.1, 0.15) is 18.4 Å². The van der Waals surface area contributed by atoms with E-state index in [4.69, 9.17) is 16.6 Å². The fourth-order valence-electron chi connectivity index (χ4n) is 5.12. The van der Waals surface area contributed by atoms with Crippen molar-refractivity contribution in [2.24, 2.45) is 5.92 Å². The molecule has 4 nitrogen and oxygen atoms in total. The molecule has 0 amide bonds. The van der Waals surface area contributed by atoms with Gasteiger partial charge in [-0.1, -0.05) is 54.1 Å². The Morgan fingerprint density at radius 1 is 1.06 bits per heavy atom. The minimum atomic E-state index is -0.341. The number of alkyl halides is 1. The summed E-state index contributed by atoms with van der Waals surface area (Å²) in [5.74, 6) is 0.969. The third-order valence-electron chi connectivity index (χ3n) is 6.96. The molecule has 3 aromatic carbocycles. The first kappa shape index (κ1) is 23.7. The zero-order chi connectivity index (χ0) is 24.4. The van der Waals surface area contributed by atoms with Crippen LogP contribution in [0.15, 0.2) is 71.5 Å². The van der Waals surface area contributed by atoms with Gasteiger partial charge in [-0.05, 0) is 73.2 Å². The molecule has 2 heterocycles. The van der Waals surface area contributed by atoms with Gasteiger partial charge < -0.3 is 4.90 Å². The second-order valence-electron chi connectivity index (χ2n) is 9.40. The standard InChI is InChI=1S/C29H29ClFN3O/c1-20-5-2-3-7-25(20)28-32-27-13-10-23(22-8-11-24(30)12-9-22)17-26(27)29(35)34(28)19-21-6-4-15-33(18-21)16-14-31/h2-3,5,7-13,17,21H,4,6,14-16,18-19H2,1H3/t21-/m1/s1/i31-1. The summed E-state index contributed by atoms with van der Waals surface area (Å²) in [6.45, 7) is 4.44. The third kappa shape index (κ3) is 5.02. The van der Waals surface area contributed by atoms with Crippen LogP contribution in [-0.4, -0.2) is 40.8 Å². The summed E-state index contributed by atoms with van der Waals surface area (Å²) in [5, 5.41) is 1.28. The van der Waals surface area contributed by atoms with Crippen molar-refractivity contribution in [1.82, 2.24) is 14.5 Å². The maximum atomic E-state index is 14.0. The second-order valence-corrected chi connectivity index (χ2v) is 9.84. The lowest BCUT2D eigenvalue weighted by molar-refractivity contribution is 0.152.